The lowest BCUT2D eigenvalue weighted by Crippen LogP contribution is -2.48. The van der Waals surface area contributed by atoms with Crippen LogP contribution in [-0.4, -0.2) is 68.6 Å². The molecule has 11 heteroatoms. The lowest BCUT2D eigenvalue weighted by atomic mass is 10.1. The molecule has 0 spiro atoms. The second kappa shape index (κ2) is 9.38. The number of likely N-dealkylation sites (tertiary alicyclic amines) is 1. The van der Waals surface area contributed by atoms with Crippen molar-refractivity contribution < 1.29 is 9.18 Å². The predicted molar refractivity (Wildman–Crippen MR) is 136 cm³/mol. The Morgan fingerprint density at radius 2 is 2.03 bits per heavy atom. The first-order valence-corrected chi connectivity index (χ1v) is 12.2. The molecule has 3 aromatic heterocycles. The van der Waals surface area contributed by atoms with Gasteiger partial charge in [0.15, 0.2) is 5.65 Å². The van der Waals surface area contributed by atoms with E-state index in [2.05, 4.69) is 31.3 Å². The summed E-state index contributed by atoms with van der Waals surface area (Å²) in [6.45, 7) is 1.94. The number of carbonyl (C=O) groups is 1. The first-order valence-electron chi connectivity index (χ1n) is 11.4. The molecule has 182 valence electrons. The molecule has 5 rings (SSSR count). The number of urea groups is 1. The van der Waals surface area contributed by atoms with Crippen molar-refractivity contribution in [2.24, 2.45) is 0 Å². The number of benzene rings is 1. The van der Waals surface area contributed by atoms with Crippen LogP contribution in [0.25, 0.3) is 27.7 Å². The SMILES string of the molecule is CN(C)C(=O)N1CCC(NCc2nc3c(-c4cnc5ccc(F)cc5c4)cnn3c(N)c2Br)CC1. The van der Waals surface area contributed by atoms with Crippen LogP contribution in [0.2, 0.25) is 0 Å². The van der Waals surface area contributed by atoms with Gasteiger partial charge in [0.05, 0.1) is 21.9 Å². The summed E-state index contributed by atoms with van der Waals surface area (Å²) in [5.41, 5.74) is 10.0. The molecule has 1 aliphatic rings. The zero-order chi connectivity index (χ0) is 24.7. The number of pyridine rings is 1. The van der Waals surface area contributed by atoms with Gasteiger partial charge in [-0.3, -0.25) is 4.98 Å². The van der Waals surface area contributed by atoms with Gasteiger partial charge in [0.2, 0.25) is 0 Å². The van der Waals surface area contributed by atoms with Gasteiger partial charge in [-0.25, -0.2) is 14.2 Å². The number of hydrogen-bond donors (Lipinski definition) is 2. The molecule has 4 heterocycles. The van der Waals surface area contributed by atoms with Gasteiger partial charge in [0, 0.05) is 62.5 Å². The Hall–Kier alpha value is -3.31. The first-order chi connectivity index (χ1) is 16.8. The molecule has 1 saturated heterocycles. The molecule has 3 N–H and O–H groups in total. The van der Waals surface area contributed by atoms with E-state index in [1.807, 2.05) is 11.0 Å². The van der Waals surface area contributed by atoms with Crippen LogP contribution in [0.1, 0.15) is 18.5 Å². The number of amides is 2. The first kappa shape index (κ1) is 23.4. The molecule has 0 unspecified atom stereocenters. The normalized spacial score (nSPS) is 14.7. The number of hydrogen-bond acceptors (Lipinski definition) is 6. The number of nitrogen functional groups attached to an aromatic ring is 1. The fourth-order valence-electron chi connectivity index (χ4n) is 4.41. The number of halogens is 2. The molecular formula is C24H26BrFN8O. The van der Waals surface area contributed by atoms with E-state index < -0.39 is 0 Å². The zero-order valence-electron chi connectivity index (χ0n) is 19.5. The Bertz CT molecular complexity index is 1410. The van der Waals surface area contributed by atoms with Crippen LogP contribution in [0, 0.1) is 5.82 Å². The lowest BCUT2D eigenvalue weighted by molar-refractivity contribution is 0.152. The molecule has 35 heavy (non-hydrogen) atoms. The minimum Gasteiger partial charge on any atom is -0.383 e. The summed E-state index contributed by atoms with van der Waals surface area (Å²) in [6.07, 6.45) is 5.16. The second-order valence-electron chi connectivity index (χ2n) is 8.93. The number of nitrogens with zero attached hydrogens (tertiary/aromatic N) is 6. The minimum absolute atomic E-state index is 0.0465. The highest BCUT2D eigenvalue weighted by Gasteiger charge is 2.24. The smallest absolute Gasteiger partial charge is 0.319 e. The average Bonchev–Trinajstić information content (AvgIpc) is 3.28. The average molecular weight is 541 g/mol. The van der Waals surface area contributed by atoms with Crippen LogP contribution in [0.15, 0.2) is 41.1 Å². The third kappa shape index (κ3) is 4.53. The summed E-state index contributed by atoms with van der Waals surface area (Å²) in [6, 6.07) is 6.71. The van der Waals surface area contributed by atoms with E-state index in [1.54, 1.807) is 42.0 Å². The molecule has 0 atom stereocenters. The topological polar surface area (TPSA) is 105 Å². The molecule has 4 aromatic rings. The summed E-state index contributed by atoms with van der Waals surface area (Å²) in [5.74, 6) is 0.136. The maximum absolute atomic E-state index is 13.7. The number of nitrogens with one attached hydrogen (secondary N) is 1. The highest BCUT2D eigenvalue weighted by molar-refractivity contribution is 9.10. The van der Waals surface area contributed by atoms with E-state index in [0.717, 1.165) is 29.7 Å². The van der Waals surface area contributed by atoms with Gasteiger partial charge >= 0.3 is 6.03 Å². The lowest BCUT2D eigenvalue weighted by Gasteiger charge is -2.34. The van der Waals surface area contributed by atoms with Crippen molar-refractivity contribution in [1.82, 2.24) is 34.7 Å². The summed E-state index contributed by atoms with van der Waals surface area (Å²) in [4.78, 5) is 25.0. The summed E-state index contributed by atoms with van der Waals surface area (Å²) in [7, 11) is 3.54. The van der Waals surface area contributed by atoms with Gasteiger partial charge in [0.25, 0.3) is 0 Å². The number of carbonyl (C=O) groups excluding carboxylic acids is 1. The van der Waals surface area contributed by atoms with Crippen molar-refractivity contribution >= 4 is 44.3 Å². The van der Waals surface area contributed by atoms with Gasteiger partial charge in [-0.1, -0.05) is 0 Å². The van der Waals surface area contributed by atoms with Gasteiger partial charge in [-0.05, 0) is 53.0 Å². The molecule has 9 nitrogen and oxygen atoms in total. The molecule has 2 amide bonds. The monoisotopic (exact) mass is 540 g/mol. The Labute approximate surface area is 210 Å². The van der Waals surface area contributed by atoms with Crippen molar-refractivity contribution in [2.45, 2.75) is 25.4 Å². The quantitative estimate of drug-likeness (QED) is 0.409. The third-order valence-electron chi connectivity index (χ3n) is 6.35. The number of piperidine rings is 1. The van der Waals surface area contributed by atoms with Gasteiger partial charge in [0.1, 0.15) is 11.6 Å². The second-order valence-corrected chi connectivity index (χ2v) is 9.72. The molecule has 0 radical (unpaired) electrons. The largest absolute Gasteiger partial charge is 0.383 e. The van der Waals surface area contributed by atoms with Crippen molar-refractivity contribution in [3.05, 3.63) is 52.6 Å². The van der Waals surface area contributed by atoms with Crippen molar-refractivity contribution in [2.75, 3.05) is 32.9 Å². The van der Waals surface area contributed by atoms with Crippen molar-refractivity contribution in [1.29, 1.82) is 0 Å². The highest BCUT2D eigenvalue weighted by atomic mass is 79.9. The molecular weight excluding hydrogens is 515 g/mol. The summed E-state index contributed by atoms with van der Waals surface area (Å²) < 4.78 is 16.0. The van der Waals surface area contributed by atoms with Crippen molar-refractivity contribution in [3.8, 4) is 11.1 Å². The molecule has 0 saturated carbocycles. The highest BCUT2D eigenvalue weighted by Crippen LogP contribution is 2.31. The molecule has 0 aliphatic carbocycles. The Morgan fingerprint density at radius 3 is 2.77 bits per heavy atom. The molecule has 1 aliphatic heterocycles. The molecule has 0 bridgehead atoms. The van der Waals surface area contributed by atoms with Crippen LogP contribution >= 0.6 is 15.9 Å². The number of fused-ring (bicyclic) bond motifs is 2. The van der Waals surface area contributed by atoms with Crippen molar-refractivity contribution in [3.63, 3.8) is 0 Å². The van der Waals surface area contributed by atoms with Gasteiger partial charge < -0.3 is 20.9 Å². The number of aromatic nitrogens is 4. The van der Waals surface area contributed by atoms with E-state index in [1.165, 1.54) is 12.1 Å². The van der Waals surface area contributed by atoms with Gasteiger partial charge in [-0.15, -0.1) is 0 Å². The standard InChI is InChI=1S/C24H26BrFN8O/c1-32(2)24(35)33-7-5-17(6-8-33)28-13-20-21(25)22(27)34-23(31-20)18(12-30-34)15-9-14-10-16(26)3-4-19(14)29-11-15/h3-4,9-12,17,28H,5-8,13,27H2,1-2H3. The maximum Gasteiger partial charge on any atom is 0.319 e. The molecule has 1 aromatic carbocycles. The zero-order valence-corrected chi connectivity index (χ0v) is 21.1. The van der Waals surface area contributed by atoms with Crippen LogP contribution in [0.5, 0.6) is 0 Å². The van der Waals surface area contributed by atoms with E-state index in [4.69, 9.17) is 10.7 Å². The van der Waals surface area contributed by atoms with E-state index in [-0.39, 0.29) is 17.9 Å². The Morgan fingerprint density at radius 1 is 1.26 bits per heavy atom. The minimum atomic E-state index is -0.312. The van der Waals surface area contributed by atoms with Crippen LogP contribution < -0.4 is 11.1 Å². The number of anilines is 1. The number of nitrogens with two attached hydrogens (primary N) is 1. The fraction of sp³-hybridized carbons (Fsp3) is 0.333. The number of rotatable bonds is 4. The van der Waals surface area contributed by atoms with Crippen LogP contribution in [0.4, 0.5) is 15.0 Å². The fourth-order valence-corrected chi connectivity index (χ4v) is 4.81. The van der Waals surface area contributed by atoms with E-state index in [0.29, 0.717) is 46.5 Å². The predicted octanol–water partition coefficient (Wildman–Crippen LogP) is 3.66. The van der Waals surface area contributed by atoms with E-state index in [9.17, 15) is 9.18 Å². The van der Waals surface area contributed by atoms with Gasteiger partial charge in [-0.2, -0.15) is 9.61 Å². The maximum atomic E-state index is 13.7. The van der Waals surface area contributed by atoms with E-state index >= 15 is 0 Å². The summed E-state index contributed by atoms with van der Waals surface area (Å²) in [5, 5.41) is 8.68. The van der Waals surface area contributed by atoms with Crippen LogP contribution in [0.3, 0.4) is 0 Å². The van der Waals surface area contributed by atoms with Crippen LogP contribution in [-0.2, 0) is 6.54 Å². The summed E-state index contributed by atoms with van der Waals surface area (Å²) >= 11 is 3.58. The Kier molecular flexibility index (Phi) is 6.28. The Balaban J connectivity index is 1.38. The molecule has 1 fully saturated rings. The third-order valence-corrected chi connectivity index (χ3v) is 7.22.